The fraction of sp³-hybridized carbons (Fsp3) is 0.350. The van der Waals surface area contributed by atoms with E-state index in [4.69, 9.17) is 0 Å². The Kier molecular flexibility index (Phi) is 4.53. The quantitative estimate of drug-likeness (QED) is 0.581. The molecule has 0 saturated carbocycles. The SMILES string of the molecule is CN1CC[C@@](O)(C#Cc2cccc(NC(=O)c3n[nH]c4c3CCCN4)c2)C1=O. The highest BCUT2D eigenvalue weighted by Gasteiger charge is 2.42. The third-order valence-corrected chi connectivity index (χ3v) is 5.03. The number of aliphatic hydroxyl groups is 1. The van der Waals surface area contributed by atoms with Crippen LogP contribution in [0.5, 0.6) is 0 Å². The lowest BCUT2D eigenvalue weighted by Crippen LogP contribution is -2.37. The number of benzene rings is 1. The van der Waals surface area contributed by atoms with Gasteiger partial charge in [-0.05, 0) is 31.0 Å². The summed E-state index contributed by atoms with van der Waals surface area (Å²) >= 11 is 0. The summed E-state index contributed by atoms with van der Waals surface area (Å²) in [5.74, 6) is 5.65. The number of carbonyl (C=O) groups excluding carboxylic acids is 2. The number of amides is 2. The molecule has 0 bridgehead atoms. The third-order valence-electron chi connectivity index (χ3n) is 5.03. The van der Waals surface area contributed by atoms with Crippen molar-refractivity contribution >= 4 is 23.3 Å². The molecule has 2 aliphatic rings. The molecule has 2 aliphatic heterocycles. The van der Waals surface area contributed by atoms with Crippen molar-refractivity contribution in [3.63, 3.8) is 0 Å². The molecule has 0 unspecified atom stereocenters. The van der Waals surface area contributed by atoms with Crippen LogP contribution in [0.4, 0.5) is 11.5 Å². The third kappa shape index (κ3) is 3.32. The molecular formula is C20H21N5O3. The summed E-state index contributed by atoms with van der Waals surface area (Å²) in [5.41, 5.74) is 0.798. The molecule has 0 radical (unpaired) electrons. The topological polar surface area (TPSA) is 110 Å². The number of H-pyrrole nitrogens is 1. The number of anilines is 2. The van der Waals surface area contributed by atoms with Crippen LogP contribution in [0.2, 0.25) is 0 Å². The van der Waals surface area contributed by atoms with Crippen molar-refractivity contribution in [3.05, 3.63) is 41.1 Å². The summed E-state index contributed by atoms with van der Waals surface area (Å²) in [6.07, 6.45) is 2.03. The minimum atomic E-state index is -1.64. The minimum absolute atomic E-state index is 0.282. The van der Waals surface area contributed by atoms with Gasteiger partial charge in [-0.2, -0.15) is 5.10 Å². The van der Waals surface area contributed by atoms with Crippen LogP contribution in [-0.2, 0) is 11.2 Å². The highest BCUT2D eigenvalue weighted by molar-refractivity contribution is 6.04. The molecule has 3 heterocycles. The van der Waals surface area contributed by atoms with Gasteiger partial charge in [0.25, 0.3) is 11.8 Å². The van der Waals surface area contributed by atoms with Gasteiger partial charge in [0.1, 0.15) is 5.82 Å². The Hall–Kier alpha value is -3.31. The highest BCUT2D eigenvalue weighted by Crippen LogP contribution is 2.24. The number of nitrogens with zero attached hydrogens (tertiary/aromatic N) is 2. The van der Waals surface area contributed by atoms with Crippen LogP contribution in [0.3, 0.4) is 0 Å². The van der Waals surface area contributed by atoms with Crippen molar-refractivity contribution in [3.8, 4) is 11.8 Å². The van der Waals surface area contributed by atoms with E-state index in [0.717, 1.165) is 30.8 Å². The average molecular weight is 379 g/mol. The molecule has 8 heteroatoms. The van der Waals surface area contributed by atoms with Crippen molar-refractivity contribution in [1.82, 2.24) is 15.1 Å². The standard InChI is InChI=1S/C20H21N5O3/c1-25-11-9-20(28,19(25)27)8-7-13-4-2-5-14(12-13)22-18(26)16-15-6-3-10-21-17(15)24-23-16/h2,4-5,12,28H,3,6,9-11H2,1H3,(H,22,26)(H2,21,23,24)/t20-/m0/s1. The number of aromatic amines is 1. The number of nitrogens with one attached hydrogen (secondary N) is 3. The molecule has 144 valence electrons. The first kappa shape index (κ1) is 18.1. The van der Waals surface area contributed by atoms with Gasteiger partial charge in [0, 0.05) is 43.4 Å². The van der Waals surface area contributed by atoms with Crippen molar-refractivity contribution in [2.24, 2.45) is 0 Å². The molecule has 0 aliphatic carbocycles. The number of likely N-dealkylation sites (tertiary alicyclic amines) is 1. The van der Waals surface area contributed by atoms with Crippen molar-refractivity contribution in [1.29, 1.82) is 0 Å². The molecule has 2 amide bonds. The molecule has 1 aromatic heterocycles. The lowest BCUT2D eigenvalue weighted by molar-refractivity contribution is -0.137. The summed E-state index contributed by atoms with van der Waals surface area (Å²) in [4.78, 5) is 26.1. The van der Waals surface area contributed by atoms with E-state index in [1.807, 2.05) is 0 Å². The van der Waals surface area contributed by atoms with Crippen LogP contribution in [-0.4, -0.2) is 57.8 Å². The molecule has 1 fully saturated rings. The van der Waals surface area contributed by atoms with Gasteiger partial charge in [0.2, 0.25) is 5.60 Å². The van der Waals surface area contributed by atoms with E-state index < -0.39 is 5.60 Å². The molecule has 0 spiro atoms. The zero-order valence-corrected chi connectivity index (χ0v) is 15.5. The molecule has 1 aromatic carbocycles. The molecule has 4 rings (SSSR count). The Balaban J connectivity index is 1.51. The molecule has 28 heavy (non-hydrogen) atoms. The van der Waals surface area contributed by atoms with Crippen molar-refractivity contribution < 1.29 is 14.7 Å². The smallest absolute Gasteiger partial charge is 0.276 e. The summed E-state index contributed by atoms with van der Waals surface area (Å²) in [7, 11) is 1.64. The van der Waals surface area contributed by atoms with Gasteiger partial charge >= 0.3 is 0 Å². The first-order valence-corrected chi connectivity index (χ1v) is 9.20. The second-order valence-electron chi connectivity index (χ2n) is 7.08. The van der Waals surface area contributed by atoms with Crippen LogP contribution in [0.1, 0.15) is 34.5 Å². The predicted molar refractivity (Wildman–Crippen MR) is 104 cm³/mol. The zero-order valence-electron chi connectivity index (χ0n) is 15.5. The molecule has 1 saturated heterocycles. The fourth-order valence-electron chi connectivity index (χ4n) is 3.43. The Morgan fingerprint density at radius 1 is 1.43 bits per heavy atom. The van der Waals surface area contributed by atoms with Crippen LogP contribution >= 0.6 is 0 Å². The maximum atomic E-state index is 12.6. The van der Waals surface area contributed by atoms with E-state index in [1.54, 1.807) is 31.3 Å². The number of likely N-dealkylation sites (N-methyl/N-ethyl adjacent to an activating group) is 1. The van der Waals surface area contributed by atoms with Crippen molar-refractivity contribution in [2.45, 2.75) is 24.9 Å². The van der Waals surface area contributed by atoms with E-state index in [2.05, 4.69) is 32.7 Å². The van der Waals surface area contributed by atoms with Crippen molar-refractivity contribution in [2.75, 3.05) is 30.8 Å². The van der Waals surface area contributed by atoms with E-state index in [9.17, 15) is 14.7 Å². The maximum absolute atomic E-state index is 12.6. The summed E-state index contributed by atoms with van der Waals surface area (Å²) in [6.45, 7) is 1.34. The second kappa shape index (κ2) is 7.02. The Labute approximate surface area is 162 Å². The van der Waals surface area contributed by atoms with Crippen LogP contribution in [0, 0.1) is 11.8 Å². The predicted octanol–water partition coefficient (Wildman–Crippen LogP) is 0.965. The Morgan fingerprint density at radius 3 is 3.07 bits per heavy atom. The Morgan fingerprint density at radius 2 is 2.29 bits per heavy atom. The van der Waals surface area contributed by atoms with E-state index >= 15 is 0 Å². The molecule has 1 atom stereocenters. The molecule has 4 N–H and O–H groups in total. The Bertz CT molecular complexity index is 1000. The van der Waals surface area contributed by atoms with Gasteiger partial charge < -0.3 is 20.6 Å². The number of hydrogen-bond acceptors (Lipinski definition) is 5. The first-order valence-electron chi connectivity index (χ1n) is 9.20. The monoisotopic (exact) mass is 379 g/mol. The minimum Gasteiger partial charge on any atom is -0.370 e. The summed E-state index contributed by atoms with van der Waals surface area (Å²) in [5, 5.41) is 23.4. The first-order chi connectivity index (χ1) is 13.5. The number of carbonyl (C=O) groups is 2. The van der Waals surface area contributed by atoms with E-state index in [1.165, 1.54) is 4.90 Å². The van der Waals surface area contributed by atoms with Gasteiger partial charge in [0.05, 0.1) is 0 Å². The molecule has 2 aromatic rings. The highest BCUT2D eigenvalue weighted by atomic mass is 16.3. The van der Waals surface area contributed by atoms with Crippen LogP contribution < -0.4 is 10.6 Å². The van der Waals surface area contributed by atoms with E-state index in [0.29, 0.717) is 23.5 Å². The lowest BCUT2D eigenvalue weighted by atomic mass is 10.0. The van der Waals surface area contributed by atoms with Crippen LogP contribution in [0.15, 0.2) is 24.3 Å². The lowest BCUT2D eigenvalue weighted by Gasteiger charge is -2.13. The molecule has 8 nitrogen and oxygen atoms in total. The average Bonchev–Trinajstić information content (AvgIpc) is 3.24. The van der Waals surface area contributed by atoms with Gasteiger partial charge in [-0.15, -0.1) is 0 Å². The zero-order chi connectivity index (χ0) is 19.7. The summed E-state index contributed by atoms with van der Waals surface area (Å²) in [6, 6.07) is 6.97. The van der Waals surface area contributed by atoms with Gasteiger partial charge in [-0.3, -0.25) is 14.7 Å². The van der Waals surface area contributed by atoms with Gasteiger partial charge in [0.15, 0.2) is 5.69 Å². The normalized spacial score (nSPS) is 20.8. The number of fused-ring (bicyclic) bond motifs is 1. The number of hydrogen-bond donors (Lipinski definition) is 4. The summed E-state index contributed by atoms with van der Waals surface area (Å²) < 4.78 is 0. The number of rotatable bonds is 2. The maximum Gasteiger partial charge on any atom is 0.276 e. The second-order valence-corrected chi connectivity index (χ2v) is 7.08. The fourth-order valence-corrected chi connectivity index (χ4v) is 3.43. The largest absolute Gasteiger partial charge is 0.370 e. The molecular weight excluding hydrogens is 358 g/mol. The van der Waals surface area contributed by atoms with Crippen LogP contribution in [0.25, 0.3) is 0 Å². The number of aromatic nitrogens is 2. The van der Waals surface area contributed by atoms with E-state index in [-0.39, 0.29) is 18.2 Å². The van der Waals surface area contributed by atoms with Gasteiger partial charge in [-0.25, -0.2) is 0 Å². The van der Waals surface area contributed by atoms with Gasteiger partial charge in [-0.1, -0.05) is 17.9 Å².